The molecule has 0 aromatic heterocycles. The van der Waals surface area contributed by atoms with Crippen LogP contribution in [0.4, 0.5) is 0 Å². The van der Waals surface area contributed by atoms with E-state index in [0.29, 0.717) is 0 Å². The zero-order valence-corrected chi connectivity index (χ0v) is 24.0. The molecule has 0 aromatic rings. The van der Waals surface area contributed by atoms with E-state index < -0.39 is 0 Å². The van der Waals surface area contributed by atoms with Gasteiger partial charge in [0, 0.05) is 0 Å². The molecule has 0 amide bonds. The molecule has 0 atom stereocenters. The number of hydrogen-bond donors (Lipinski definition) is 0. The molecule has 0 saturated carbocycles. The first-order valence-corrected chi connectivity index (χ1v) is 15.1. The maximum Gasteiger partial charge on any atom is 0.0786 e. The van der Waals surface area contributed by atoms with Crippen molar-refractivity contribution in [3.63, 3.8) is 0 Å². The van der Waals surface area contributed by atoms with Gasteiger partial charge < -0.3 is 16.9 Å². The van der Waals surface area contributed by atoms with Crippen molar-refractivity contribution in [1.29, 1.82) is 0 Å². The fourth-order valence-electron chi connectivity index (χ4n) is 5.49. The number of halogens is 1. The third-order valence-corrected chi connectivity index (χ3v) is 7.37. The molecular weight excluding hydrogens is 410 g/mol. The molecule has 32 heavy (non-hydrogen) atoms. The van der Waals surface area contributed by atoms with Gasteiger partial charge in [0.15, 0.2) is 0 Å². The first kappa shape index (κ1) is 34.4. The van der Waals surface area contributed by atoms with Crippen LogP contribution in [0, 0.1) is 0 Å². The predicted octanol–water partition coefficient (Wildman–Crippen LogP) is 7.47. The van der Waals surface area contributed by atoms with Gasteiger partial charge in [-0.2, -0.15) is 0 Å². The van der Waals surface area contributed by atoms with Crippen molar-refractivity contribution in [1.82, 2.24) is 0 Å². The Morgan fingerprint density at radius 1 is 0.281 bits per heavy atom. The van der Waals surface area contributed by atoms with Gasteiger partial charge in [-0.25, -0.2) is 0 Å². The highest BCUT2D eigenvalue weighted by Crippen LogP contribution is 2.18. The van der Waals surface area contributed by atoms with Crippen LogP contribution in [-0.4, -0.2) is 30.7 Å². The molecule has 0 bridgehead atoms. The van der Waals surface area contributed by atoms with E-state index in [1.807, 2.05) is 0 Å². The number of unbranched alkanes of at least 4 members (excludes halogenated alkanes) is 18. The summed E-state index contributed by atoms with van der Waals surface area (Å²) in [6.07, 6.45) is 31.9. The van der Waals surface area contributed by atoms with E-state index in [4.69, 9.17) is 0 Å². The molecule has 0 aliphatic carbocycles. The van der Waals surface area contributed by atoms with Gasteiger partial charge in [0.25, 0.3) is 0 Å². The molecule has 0 radical (unpaired) electrons. The topological polar surface area (TPSA) is 0 Å². The van der Waals surface area contributed by atoms with Crippen LogP contribution in [0.5, 0.6) is 0 Å². The second kappa shape index (κ2) is 27.5. The minimum Gasteiger partial charge on any atom is -1.00 e. The second-order valence-electron chi connectivity index (χ2n) is 10.6. The summed E-state index contributed by atoms with van der Waals surface area (Å²) in [4.78, 5) is 0. The van der Waals surface area contributed by atoms with Gasteiger partial charge in [-0.15, -0.1) is 0 Å². The maximum atomic E-state index is 2.40. The van der Waals surface area contributed by atoms with E-state index in [1.165, 1.54) is 172 Å². The molecule has 196 valence electrons. The maximum absolute atomic E-state index is 2.40. The smallest absolute Gasteiger partial charge is 0.0786 e. The van der Waals surface area contributed by atoms with E-state index in [2.05, 4.69) is 27.7 Å². The van der Waals surface area contributed by atoms with Crippen LogP contribution in [0.1, 0.15) is 169 Å². The molecule has 0 heterocycles. The lowest BCUT2D eigenvalue weighted by Gasteiger charge is -2.39. The number of nitrogens with zero attached hydrogens (tertiary/aromatic N) is 1. The van der Waals surface area contributed by atoms with Gasteiger partial charge in [-0.05, 0) is 38.5 Å². The van der Waals surface area contributed by atoms with E-state index in [-0.39, 0.29) is 12.4 Å². The molecule has 0 aliphatic rings. The third-order valence-electron chi connectivity index (χ3n) is 7.37. The van der Waals surface area contributed by atoms with Crippen molar-refractivity contribution in [2.24, 2.45) is 0 Å². The lowest BCUT2D eigenvalue weighted by molar-refractivity contribution is -0.928. The third kappa shape index (κ3) is 22.1. The summed E-state index contributed by atoms with van der Waals surface area (Å²) < 4.78 is 1.43. The van der Waals surface area contributed by atoms with Gasteiger partial charge in [0.05, 0.1) is 26.2 Å². The summed E-state index contributed by atoms with van der Waals surface area (Å²) in [6.45, 7) is 15.2. The first-order valence-electron chi connectivity index (χ1n) is 15.1. The molecule has 0 unspecified atom stereocenters. The Balaban J connectivity index is 0. The summed E-state index contributed by atoms with van der Waals surface area (Å²) in [7, 11) is 0. The van der Waals surface area contributed by atoms with Gasteiger partial charge >= 0.3 is 0 Å². The van der Waals surface area contributed by atoms with Crippen molar-refractivity contribution in [3.05, 3.63) is 0 Å². The van der Waals surface area contributed by atoms with Gasteiger partial charge in [-0.3, -0.25) is 0 Å². The standard InChI is InChI=1S/C30H64N.ClH/c1-5-9-11-13-15-17-19-21-23-25-29-31(27-7-3,28-8-4)30-26-24-22-20-18-16-14-12-10-6-2;/h5-30H2,1-4H3;1H/q+1;/p-1. The summed E-state index contributed by atoms with van der Waals surface area (Å²) in [5.41, 5.74) is 0. The average Bonchev–Trinajstić information content (AvgIpc) is 2.77. The van der Waals surface area contributed by atoms with Crippen LogP contribution in [0.3, 0.4) is 0 Å². The number of hydrogen-bond acceptors (Lipinski definition) is 0. The van der Waals surface area contributed by atoms with Gasteiger partial charge in [0.1, 0.15) is 0 Å². The highest BCUT2D eigenvalue weighted by molar-refractivity contribution is 4.53. The zero-order chi connectivity index (χ0) is 22.9. The molecule has 0 N–H and O–H groups in total. The highest BCUT2D eigenvalue weighted by Gasteiger charge is 2.24. The molecule has 0 aromatic carbocycles. The molecule has 0 fully saturated rings. The molecule has 0 aliphatic heterocycles. The van der Waals surface area contributed by atoms with Crippen molar-refractivity contribution in [2.45, 2.75) is 169 Å². The van der Waals surface area contributed by atoms with Crippen molar-refractivity contribution >= 4 is 0 Å². The van der Waals surface area contributed by atoms with Crippen LogP contribution in [0.2, 0.25) is 0 Å². The predicted molar refractivity (Wildman–Crippen MR) is 144 cm³/mol. The molecule has 0 rings (SSSR count). The first-order chi connectivity index (χ1) is 15.2. The summed E-state index contributed by atoms with van der Waals surface area (Å²) in [6, 6.07) is 0. The Morgan fingerprint density at radius 2 is 0.531 bits per heavy atom. The summed E-state index contributed by atoms with van der Waals surface area (Å²) in [5, 5.41) is 0. The number of quaternary nitrogens is 1. The second-order valence-corrected chi connectivity index (χ2v) is 10.6. The fraction of sp³-hybridized carbons (Fsp3) is 1.00. The molecular formula is C30H64ClN. The summed E-state index contributed by atoms with van der Waals surface area (Å²) in [5.74, 6) is 0. The average molecular weight is 474 g/mol. The SMILES string of the molecule is CCCCCCCCCCCC[N+](CCC)(CCC)CCCCCCCCCCCC.[Cl-]. The van der Waals surface area contributed by atoms with Crippen LogP contribution in [0.15, 0.2) is 0 Å². The molecule has 0 saturated heterocycles. The van der Waals surface area contributed by atoms with Crippen LogP contribution < -0.4 is 12.4 Å². The molecule has 0 spiro atoms. The monoisotopic (exact) mass is 473 g/mol. The largest absolute Gasteiger partial charge is 1.00 e. The Bertz CT molecular complexity index is 299. The van der Waals surface area contributed by atoms with E-state index in [1.54, 1.807) is 0 Å². The van der Waals surface area contributed by atoms with Crippen LogP contribution >= 0.6 is 0 Å². The van der Waals surface area contributed by atoms with E-state index in [9.17, 15) is 0 Å². The van der Waals surface area contributed by atoms with Gasteiger partial charge in [0.2, 0.25) is 0 Å². The minimum absolute atomic E-state index is 0. The normalized spacial score (nSPS) is 11.6. The fourth-order valence-corrected chi connectivity index (χ4v) is 5.49. The summed E-state index contributed by atoms with van der Waals surface area (Å²) >= 11 is 0. The molecule has 2 heteroatoms. The van der Waals surface area contributed by atoms with Crippen molar-refractivity contribution < 1.29 is 16.9 Å². The lowest BCUT2D eigenvalue weighted by atomic mass is 10.0. The molecule has 1 nitrogen and oxygen atoms in total. The Hall–Kier alpha value is 0.250. The van der Waals surface area contributed by atoms with E-state index >= 15 is 0 Å². The quantitative estimate of drug-likeness (QED) is 0.0902. The van der Waals surface area contributed by atoms with Crippen molar-refractivity contribution in [2.75, 3.05) is 26.2 Å². The van der Waals surface area contributed by atoms with Crippen LogP contribution in [-0.2, 0) is 0 Å². The highest BCUT2D eigenvalue weighted by atomic mass is 35.5. The number of rotatable bonds is 26. The zero-order valence-electron chi connectivity index (χ0n) is 23.2. The Kier molecular flexibility index (Phi) is 29.6. The minimum atomic E-state index is 0. The van der Waals surface area contributed by atoms with E-state index in [0.717, 1.165) is 0 Å². The lowest BCUT2D eigenvalue weighted by Crippen LogP contribution is -3.00. The van der Waals surface area contributed by atoms with Crippen molar-refractivity contribution in [3.8, 4) is 0 Å². The van der Waals surface area contributed by atoms with Crippen LogP contribution in [0.25, 0.3) is 0 Å². The Labute approximate surface area is 211 Å². The van der Waals surface area contributed by atoms with Gasteiger partial charge in [-0.1, -0.05) is 130 Å². The Morgan fingerprint density at radius 3 is 0.781 bits per heavy atom.